The smallest absolute Gasteiger partial charge is 0.234 e. The van der Waals surface area contributed by atoms with Gasteiger partial charge in [-0.15, -0.1) is 0 Å². The van der Waals surface area contributed by atoms with Crippen LogP contribution in [-0.2, 0) is 16.1 Å². The third-order valence-corrected chi connectivity index (χ3v) is 6.65. The molecule has 1 N–H and O–H groups in total. The van der Waals surface area contributed by atoms with Crippen LogP contribution in [0, 0.1) is 0 Å². The molecule has 0 radical (unpaired) electrons. The van der Waals surface area contributed by atoms with E-state index in [1.807, 2.05) is 48.7 Å². The normalized spacial score (nSPS) is 19.7. The fourth-order valence-electron chi connectivity index (χ4n) is 4.83. The van der Waals surface area contributed by atoms with E-state index in [0.29, 0.717) is 39.4 Å². The minimum atomic E-state index is -0.135. The maximum atomic E-state index is 13.1. The molecule has 182 valence electrons. The van der Waals surface area contributed by atoms with Gasteiger partial charge in [0.15, 0.2) is 0 Å². The molecular formula is C28H32N4O3. The number of pyridine rings is 1. The van der Waals surface area contributed by atoms with Crippen LogP contribution < -0.4 is 10.1 Å². The predicted molar refractivity (Wildman–Crippen MR) is 134 cm³/mol. The fraction of sp³-hybridized carbons (Fsp3) is 0.357. The van der Waals surface area contributed by atoms with E-state index >= 15 is 0 Å². The molecule has 0 saturated carbocycles. The zero-order valence-corrected chi connectivity index (χ0v) is 19.9. The number of nitrogens with one attached hydrogen (secondary N) is 1. The summed E-state index contributed by atoms with van der Waals surface area (Å²) >= 11 is 0. The Morgan fingerprint density at radius 2 is 1.83 bits per heavy atom. The van der Waals surface area contributed by atoms with E-state index < -0.39 is 0 Å². The summed E-state index contributed by atoms with van der Waals surface area (Å²) in [4.78, 5) is 22.0. The first-order valence-electron chi connectivity index (χ1n) is 12.3. The Hall–Kier alpha value is -3.26. The van der Waals surface area contributed by atoms with Crippen LogP contribution in [0.2, 0.25) is 0 Å². The molecule has 1 aromatic heterocycles. The summed E-state index contributed by atoms with van der Waals surface area (Å²) in [5.74, 6) is 0.895. The number of aromatic nitrogens is 1. The Balaban J connectivity index is 1.27. The molecule has 2 aromatic carbocycles. The molecule has 0 aliphatic carbocycles. The zero-order chi connectivity index (χ0) is 23.9. The van der Waals surface area contributed by atoms with Crippen molar-refractivity contribution in [3.05, 3.63) is 95.8 Å². The molecule has 1 amide bonds. The van der Waals surface area contributed by atoms with Crippen LogP contribution >= 0.6 is 0 Å². The SMILES string of the molecule is O=C(CN1Cc2ccccc2O[C@H](c2ccccc2)C1)NC[C@H](c1cccnc1)N1CCOCC1. The average Bonchev–Trinajstić information content (AvgIpc) is 3.09. The first-order chi connectivity index (χ1) is 17.3. The van der Waals surface area contributed by atoms with Gasteiger partial charge >= 0.3 is 0 Å². The number of hydrogen-bond acceptors (Lipinski definition) is 6. The Bertz CT molecular complexity index is 1090. The van der Waals surface area contributed by atoms with E-state index in [1.54, 1.807) is 6.20 Å². The minimum Gasteiger partial charge on any atom is -0.484 e. The predicted octanol–water partition coefficient (Wildman–Crippen LogP) is 3.21. The second-order valence-corrected chi connectivity index (χ2v) is 9.05. The van der Waals surface area contributed by atoms with E-state index in [-0.39, 0.29) is 18.1 Å². The van der Waals surface area contributed by atoms with Crippen molar-refractivity contribution in [2.45, 2.75) is 18.7 Å². The Kier molecular flexibility index (Phi) is 7.68. The molecule has 1 fully saturated rings. The van der Waals surface area contributed by atoms with E-state index in [0.717, 1.165) is 35.5 Å². The summed E-state index contributed by atoms with van der Waals surface area (Å²) in [6, 6.07) is 22.4. The molecule has 5 rings (SSSR count). The Morgan fingerprint density at radius 1 is 1.03 bits per heavy atom. The molecule has 2 aliphatic heterocycles. The van der Waals surface area contributed by atoms with E-state index in [4.69, 9.17) is 9.47 Å². The first kappa shape index (κ1) is 23.5. The molecule has 3 aromatic rings. The fourth-order valence-corrected chi connectivity index (χ4v) is 4.83. The topological polar surface area (TPSA) is 66.9 Å². The Morgan fingerprint density at radius 3 is 2.63 bits per heavy atom. The summed E-state index contributed by atoms with van der Waals surface area (Å²) in [5.41, 5.74) is 3.31. The lowest BCUT2D eigenvalue weighted by molar-refractivity contribution is -0.122. The van der Waals surface area contributed by atoms with Gasteiger partial charge in [-0.05, 0) is 23.3 Å². The third kappa shape index (κ3) is 6.06. The number of ether oxygens (including phenoxy) is 2. The third-order valence-electron chi connectivity index (χ3n) is 6.65. The largest absolute Gasteiger partial charge is 0.484 e. The molecule has 0 bridgehead atoms. The summed E-state index contributed by atoms with van der Waals surface area (Å²) in [5, 5.41) is 3.19. The minimum absolute atomic E-state index is 0.0124. The van der Waals surface area contributed by atoms with Gasteiger partial charge < -0.3 is 14.8 Å². The van der Waals surface area contributed by atoms with Gasteiger partial charge in [-0.1, -0.05) is 54.6 Å². The number of benzene rings is 2. The number of morpholine rings is 1. The number of amides is 1. The van der Waals surface area contributed by atoms with Crippen LogP contribution in [0.5, 0.6) is 5.75 Å². The highest BCUT2D eigenvalue weighted by Gasteiger charge is 2.27. The number of carbonyl (C=O) groups excluding carboxylic acids is 1. The molecular weight excluding hydrogens is 440 g/mol. The maximum Gasteiger partial charge on any atom is 0.234 e. The molecule has 0 spiro atoms. The summed E-state index contributed by atoms with van der Waals surface area (Å²) in [7, 11) is 0. The lowest BCUT2D eigenvalue weighted by Gasteiger charge is -2.35. The van der Waals surface area contributed by atoms with Crippen molar-refractivity contribution in [2.75, 3.05) is 45.9 Å². The highest BCUT2D eigenvalue weighted by atomic mass is 16.5. The molecule has 7 nitrogen and oxygen atoms in total. The highest BCUT2D eigenvalue weighted by Crippen LogP contribution is 2.31. The van der Waals surface area contributed by atoms with Crippen LogP contribution in [0.25, 0.3) is 0 Å². The van der Waals surface area contributed by atoms with Gasteiger partial charge in [-0.2, -0.15) is 0 Å². The molecule has 7 heteroatoms. The number of nitrogens with zero attached hydrogens (tertiary/aromatic N) is 3. The van der Waals surface area contributed by atoms with Gasteiger partial charge in [-0.25, -0.2) is 0 Å². The van der Waals surface area contributed by atoms with Crippen molar-refractivity contribution in [1.29, 1.82) is 0 Å². The molecule has 2 atom stereocenters. The van der Waals surface area contributed by atoms with Crippen molar-refractivity contribution < 1.29 is 14.3 Å². The number of carbonyl (C=O) groups is 1. The first-order valence-corrected chi connectivity index (χ1v) is 12.3. The second-order valence-electron chi connectivity index (χ2n) is 9.05. The highest BCUT2D eigenvalue weighted by molar-refractivity contribution is 5.78. The monoisotopic (exact) mass is 472 g/mol. The maximum absolute atomic E-state index is 13.1. The number of rotatable bonds is 7. The molecule has 3 heterocycles. The number of fused-ring (bicyclic) bond motifs is 1. The lowest BCUT2D eigenvalue weighted by atomic mass is 10.1. The van der Waals surface area contributed by atoms with Gasteiger partial charge in [-0.3, -0.25) is 19.6 Å². The van der Waals surface area contributed by atoms with Crippen molar-refractivity contribution in [2.24, 2.45) is 0 Å². The quantitative estimate of drug-likeness (QED) is 0.570. The van der Waals surface area contributed by atoms with Gasteiger partial charge in [0.2, 0.25) is 5.91 Å². The summed E-state index contributed by atoms with van der Waals surface area (Å²) in [6.07, 6.45) is 3.53. The van der Waals surface area contributed by atoms with Gasteiger partial charge in [0.05, 0.1) is 25.8 Å². The molecule has 0 unspecified atom stereocenters. The molecule has 2 aliphatic rings. The number of para-hydroxylation sites is 1. The Labute approximate surface area is 206 Å². The van der Waals surface area contributed by atoms with Crippen molar-refractivity contribution in [3.63, 3.8) is 0 Å². The van der Waals surface area contributed by atoms with Gasteiger partial charge in [0.25, 0.3) is 0 Å². The zero-order valence-electron chi connectivity index (χ0n) is 19.9. The average molecular weight is 473 g/mol. The van der Waals surface area contributed by atoms with Gasteiger partial charge in [0.1, 0.15) is 11.9 Å². The van der Waals surface area contributed by atoms with Crippen LogP contribution in [0.1, 0.15) is 28.8 Å². The van der Waals surface area contributed by atoms with E-state index in [1.165, 1.54) is 0 Å². The van der Waals surface area contributed by atoms with Crippen LogP contribution in [-0.4, -0.2) is 66.6 Å². The van der Waals surface area contributed by atoms with E-state index in [9.17, 15) is 4.79 Å². The van der Waals surface area contributed by atoms with Crippen LogP contribution in [0.3, 0.4) is 0 Å². The van der Waals surface area contributed by atoms with Crippen molar-refractivity contribution in [3.8, 4) is 5.75 Å². The lowest BCUT2D eigenvalue weighted by Crippen LogP contribution is -2.45. The number of hydrogen-bond donors (Lipinski definition) is 1. The van der Waals surface area contributed by atoms with Crippen LogP contribution in [0.15, 0.2) is 79.1 Å². The van der Waals surface area contributed by atoms with E-state index in [2.05, 4.69) is 44.4 Å². The summed E-state index contributed by atoms with van der Waals surface area (Å²) < 4.78 is 11.9. The second kappa shape index (κ2) is 11.4. The van der Waals surface area contributed by atoms with Crippen molar-refractivity contribution >= 4 is 5.91 Å². The van der Waals surface area contributed by atoms with Crippen LogP contribution in [0.4, 0.5) is 0 Å². The van der Waals surface area contributed by atoms with Crippen molar-refractivity contribution in [1.82, 2.24) is 20.1 Å². The standard InChI is InChI=1S/C28H32N4O3/c33-28(30-18-25(23-10-6-12-29-17-23)32-13-15-34-16-14-32)21-31-19-24-9-4-5-11-26(24)35-27(20-31)22-7-2-1-3-8-22/h1-12,17,25,27H,13-16,18-21H2,(H,30,33)/t25-,27+/m1/s1. The summed E-state index contributed by atoms with van der Waals surface area (Å²) in [6.45, 7) is 5.25. The van der Waals surface area contributed by atoms with Gasteiger partial charge in [0, 0.05) is 50.7 Å². The molecule has 35 heavy (non-hydrogen) atoms. The molecule has 1 saturated heterocycles.